The Bertz CT molecular complexity index is 847. The lowest BCUT2D eigenvalue weighted by Gasteiger charge is -2.09. The van der Waals surface area contributed by atoms with Gasteiger partial charge in [-0.25, -0.2) is 0 Å². The number of para-hydroxylation sites is 1. The molecule has 0 saturated carbocycles. The summed E-state index contributed by atoms with van der Waals surface area (Å²) >= 11 is 0. The highest BCUT2D eigenvalue weighted by molar-refractivity contribution is 5.91. The maximum Gasteiger partial charge on any atom is 0.226 e. The molecule has 138 valence electrons. The van der Waals surface area contributed by atoms with Crippen molar-refractivity contribution in [3.63, 3.8) is 0 Å². The highest BCUT2D eigenvalue weighted by Gasteiger charge is 2.03. The van der Waals surface area contributed by atoms with E-state index in [2.05, 4.69) is 10.6 Å². The maximum atomic E-state index is 12.1. The van der Waals surface area contributed by atoms with E-state index < -0.39 is 0 Å². The van der Waals surface area contributed by atoms with Crippen molar-refractivity contribution < 1.29 is 14.3 Å². The molecule has 0 fully saturated rings. The summed E-state index contributed by atoms with van der Waals surface area (Å²) in [6.45, 7) is 0.549. The third-order valence-electron chi connectivity index (χ3n) is 3.89. The number of rotatable bonds is 8. The Balaban J connectivity index is 1.43. The average Bonchev–Trinajstić information content (AvgIpc) is 2.71. The topological polar surface area (TPSA) is 59.6 Å². The van der Waals surface area contributed by atoms with Crippen LogP contribution in [-0.4, -0.2) is 19.6 Å². The van der Waals surface area contributed by atoms with Gasteiger partial charge < -0.3 is 20.1 Å². The molecule has 0 bridgehead atoms. The molecule has 0 aliphatic rings. The Morgan fingerprint density at radius 3 is 2.04 bits per heavy atom. The average molecular weight is 362 g/mol. The number of hydrogen-bond donors (Lipinski definition) is 2. The van der Waals surface area contributed by atoms with Gasteiger partial charge in [-0.05, 0) is 60.7 Å². The minimum atomic E-state index is -0.0484. The Kier molecular flexibility index (Phi) is 6.30. The van der Waals surface area contributed by atoms with Crippen LogP contribution >= 0.6 is 0 Å². The fourth-order valence-electron chi connectivity index (χ4n) is 2.48. The van der Waals surface area contributed by atoms with Gasteiger partial charge >= 0.3 is 0 Å². The minimum Gasteiger partial charge on any atom is -0.497 e. The fraction of sp³-hybridized carbons (Fsp3) is 0.136. The molecular weight excluding hydrogens is 340 g/mol. The Labute approximate surface area is 158 Å². The molecule has 0 unspecified atom stereocenters. The van der Waals surface area contributed by atoms with Gasteiger partial charge in [-0.1, -0.05) is 18.2 Å². The third-order valence-corrected chi connectivity index (χ3v) is 3.89. The molecule has 0 spiro atoms. The second-order valence-electron chi connectivity index (χ2n) is 5.89. The van der Waals surface area contributed by atoms with Gasteiger partial charge in [-0.3, -0.25) is 4.79 Å². The van der Waals surface area contributed by atoms with Crippen LogP contribution in [0.1, 0.15) is 6.42 Å². The summed E-state index contributed by atoms with van der Waals surface area (Å²) in [4.78, 5) is 12.1. The molecule has 0 atom stereocenters. The standard InChI is InChI=1S/C22H22N2O3/c1-26-19-11-7-17(8-12-19)23-16-15-22(25)24-18-9-13-21(14-10-18)27-20-5-3-2-4-6-20/h2-14,23H,15-16H2,1H3,(H,24,25). The van der Waals surface area contributed by atoms with Gasteiger partial charge in [0.1, 0.15) is 17.2 Å². The summed E-state index contributed by atoms with van der Waals surface area (Å²) in [6.07, 6.45) is 0.369. The van der Waals surface area contributed by atoms with Crippen LogP contribution in [-0.2, 0) is 4.79 Å². The first-order valence-electron chi connectivity index (χ1n) is 8.74. The number of ether oxygens (including phenoxy) is 2. The van der Waals surface area contributed by atoms with Gasteiger partial charge in [-0.2, -0.15) is 0 Å². The number of methoxy groups -OCH3 is 1. The van der Waals surface area contributed by atoms with Crippen molar-refractivity contribution in [3.8, 4) is 17.2 Å². The monoisotopic (exact) mass is 362 g/mol. The Hall–Kier alpha value is -3.47. The normalized spacial score (nSPS) is 10.1. The van der Waals surface area contributed by atoms with Crippen molar-refractivity contribution >= 4 is 17.3 Å². The molecule has 0 aromatic heterocycles. The number of anilines is 2. The molecular formula is C22H22N2O3. The van der Waals surface area contributed by atoms with Crippen LogP contribution in [0, 0.1) is 0 Å². The highest BCUT2D eigenvalue weighted by atomic mass is 16.5. The van der Waals surface area contributed by atoms with Crippen LogP contribution in [0.15, 0.2) is 78.9 Å². The molecule has 27 heavy (non-hydrogen) atoms. The van der Waals surface area contributed by atoms with E-state index in [0.29, 0.717) is 13.0 Å². The summed E-state index contributed by atoms with van der Waals surface area (Å²) in [5.41, 5.74) is 1.69. The molecule has 1 amide bonds. The first-order chi connectivity index (χ1) is 13.2. The SMILES string of the molecule is COc1ccc(NCCC(=O)Nc2ccc(Oc3ccccc3)cc2)cc1. The van der Waals surface area contributed by atoms with Gasteiger partial charge in [0, 0.05) is 24.3 Å². The van der Waals surface area contributed by atoms with Crippen molar-refractivity contribution in [1.29, 1.82) is 0 Å². The Morgan fingerprint density at radius 2 is 1.37 bits per heavy atom. The first kappa shape index (κ1) is 18.3. The summed E-state index contributed by atoms with van der Waals surface area (Å²) in [5, 5.41) is 6.10. The Morgan fingerprint density at radius 1 is 0.778 bits per heavy atom. The molecule has 0 heterocycles. The van der Waals surface area contributed by atoms with Crippen molar-refractivity contribution in [2.24, 2.45) is 0 Å². The van der Waals surface area contributed by atoms with Crippen LogP contribution in [0.3, 0.4) is 0 Å². The molecule has 0 aliphatic heterocycles. The van der Waals surface area contributed by atoms with Gasteiger partial charge in [0.05, 0.1) is 7.11 Å². The van der Waals surface area contributed by atoms with Gasteiger partial charge in [-0.15, -0.1) is 0 Å². The van der Waals surface area contributed by atoms with Crippen LogP contribution < -0.4 is 20.1 Å². The molecule has 5 nitrogen and oxygen atoms in total. The summed E-state index contributed by atoms with van der Waals surface area (Å²) in [6, 6.07) is 24.5. The van der Waals surface area contributed by atoms with E-state index in [1.54, 1.807) is 7.11 Å². The van der Waals surface area contributed by atoms with Crippen LogP contribution in [0.2, 0.25) is 0 Å². The zero-order valence-electron chi connectivity index (χ0n) is 15.1. The number of hydrogen-bond acceptors (Lipinski definition) is 4. The summed E-state index contributed by atoms with van der Waals surface area (Å²) in [7, 11) is 1.63. The van der Waals surface area contributed by atoms with E-state index in [9.17, 15) is 4.79 Å². The minimum absolute atomic E-state index is 0.0484. The first-order valence-corrected chi connectivity index (χ1v) is 8.74. The largest absolute Gasteiger partial charge is 0.497 e. The zero-order valence-corrected chi connectivity index (χ0v) is 15.1. The molecule has 0 saturated heterocycles. The zero-order chi connectivity index (χ0) is 18.9. The molecule has 0 radical (unpaired) electrons. The number of amides is 1. The molecule has 5 heteroatoms. The van der Waals surface area contributed by atoms with E-state index in [0.717, 1.165) is 28.6 Å². The van der Waals surface area contributed by atoms with Gasteiger partial charge in [0.2, 0.25) is 5.91 Å². The quantitative estimate of drug-likeness (QED) is 0.597. The fourth-order valence-corrected chi connectivity index (χ4v) is 2.48. The van der Waals surface area contributed by atoms with E-state index in [1.807, 2.05) is 78.9 Å². The molecule has 3 aromatic carbocycles. The smallest absolute Gasteiger partial charge is 0.226 e. The van der Waals surface area contributed by atoms with Gasteiger partial charge in [0.25, 0.3) is 0 Å². The second kappa shape index (κ2) is 9.29. The second-order valence-corrected chi connectivity index (χ2v) is 5.89. The lowest BCUT2D eigenvalue weighted by Crippen LogP contribution is -2.16. The van der Waals surface area contributed by atoms with Crippen molar-refractivity contribution in [1.82, 2.24) is 0 Å². The van der Waals surface area contributed by atoms with Crippen molar-refractivity contribution in [2.75, 3.05) is 24.3 Å². The number of carbonyl (C=O) groups excluding carboxylic acids is 1. The lowest BCUT2D eigenvalue weighted by atomic mass is 10.2. The predicted molar refractivity (Wildman–Crippen MR) is 108 cm³/mol. The number of benzene rings is 3. The van der Waals surface area contributed by atoms with E-state index in [1.165, 1.54) is 0 Å². The van der Waals surface area contributed by atoms with E-state index in [-0.39, 0.29) is 5.91 Å². The molecule has 0 aliphatic carbocycles. The summed E-state index contributed by atoms with van der Waals surface area (Å²) < 4.78 is 10.9. The predicted octanol–water partition coefficient (Wildman–Crippen LogP) is 4.93. The molecule has 3 aromatic rings. The van der Waals surface area contributed by atoms with Crippen molar-refractivity contribution in [2.45, 2.75) is 6.42 Å². The highest BCUT2D eigenvalue weighted by Crippen LogP contribution is 2.22. The van der Waals surface area contributed by atoms with Crippen LogP contribution in [0.5, 0.6) is 17.2 Å². The third kappa shape index (κ3) is 5.78. The van der Waals surface area contributed by atoms with Gasteiger partial charge in [0.15, 0.2) is 0 Å². The molecule has 3 rings (SSSR count). The van der Waals surface area contributed by atoms with Crippen molar-refractivity contribution in [3.05, 3.63) is 78.9 Å². The number of carbonyl (C=O) groups is 1. The van der Waals surface area contributed by atoms with E-state index >= 15 is 0 Å². The number of nitrogens with one attached hydrogen (secondary N) is 2. The lowest BCUT2D eigenvalue weighted by molar-refractivity contribution is -0.115. The van der Waals surface area contributed by atoms with Crippen LogP contribution in [0.25, 0.3) is 0 Å². The summed E-state index contributed by atoms with van der Waals surface area (Å²) in [5.74, 6) is 2.25. The molecule has 2 N–H and O–H groups in total. The van der Waals surface area contributed by atoms with E-state index in [4.69, 9.17) is 9.47 Å². The maximum absolute atomic E-state index is 12.1. The van der Waals surface area contributed by atoms with Crippen LogP contribution in [0.4, 0.5) is 11.4 Å².